The molecule has 0 aliphatic carbocycles. The maximum atomic E-state index is 11.8. The van der Waals surface area contributed by atoms with Crippen LogP contribution < -0.4 is 10.6 Å². The standard InChI is InChI=1S/C16H22N2O4S/c1-4-21-14(19)9-18(10-15(20)22-5-2)13-8-12(16(17)23)7-6-11(13)3/h6-8H,4-5,9-10H2,1-3H3,(H2,17,23). The Morgan fingerprint density at radius 2 is 1.65 bits per heavy atom. The van der Waals surface area contributed by atoms with Crippen molar-refractivity contribution in [1.29, 1.82) is 0 Å². The highest BCUT2D eigenvalue weighted by atomic mass is 32.1. The van der Waals surface area contributed by atoms with Gasteiger partial charge < -0.3 is 20.1 Å². The minimum atomic E-state index is -0.420. The van der Waals surface area contributed by atoms with Crippen LogP contribution in [0.1, 0.15) is 25.0 Å². The molecule has 0 spiro atoms. The summed E-state index contributed by atoms with van der Waals surface area (Å²) >= 11 is 4.99. The molecule has 0 unspecified atom stereocenters. The largest absolute Gasteiger partial charge is 0.465 e. The third-order valence-corrected chi connectivity index (χ3v) is 3.32. The van der Waals surface area contributed by atoms with E-state index in [0.717, 1.165) is 5.56 Å². The predicted octanol–water partition coefficient (Wildman–Crippen LogP) is 1.56. The Bertz CT molecular complexity index is 569. The zero-order valence-electron chi connectivity index (χ0n) is 13.6. The molecule has 0 bridgehead atoms. The molecule has 6 nitrogen and oxygen atoms in total. The van der Waals surface area contributed by atoms with E-state index in [-0.39, 0.29) is 31.3 Å². The molecule has 1 rings (SSSR count). The van der Waals surface area contributed by atoms with Gasteiger partial charge in [-0.3, -0.25) is 9.59 Å². The number of hydrogen-bond donors (Lipinski definition) is 1. The van der Waals surface area contributed by atoms with Gasteiger partial charge in [0.2, 0.25) is 0 Å². The first kappa shape index (κ1) is 18.9. The average molecular weight is 338 g/mol. The van der Waals surface area contributed by atoms with Crippen LogP contribution in [-0.2, 0) is 19.1 Å². The number of esters is 2. The van der Waals surface area contributed by atoms with E-state index in [4.69, 9.17) is 27.4 Å². The molecule has 126 valence electrons. The van der Waals surface area contributed by atoms with E-state index in [1.807, 2.05) is 13.0 Å². The van der Waals surface area contributed by atoms with Crippen LogP contribution in [0, 0.1) is 6.92 Å². The third kappa shape index (κ3) is 5.86. The Hall–Kier alpha value is -2.15. The number of nitrogens with zero attached hydrogens (tertiary/aromatic N) is 1. The molecule has 0 heterocycles. The first-order chi connectivity index (χ1) is 10.9. The van der Waals surface area contributed by atoms with Crippen molar-refractivity contribution in [2.45, 2.75) is 20.8 Å². The van der Waals surface area contributed by atoms with Crippen LogP contribution in [0.4, 0.5) is 5.69 Å². The fourth-order valence-electron chi connectivity index (χ4n) is 2.05. The van der Waals surface area contributed by atoms with Gasteiger partial charge in [0.15, 0.2) is 0 Å². The quantitative estimate of drug-likeness (QED) is 0.569. The number of hydrogen-bond acceptors (Lipinski definition) is 6. The maximum absolute atomic E-state index is 11.8. The summed E-state index contributed by atoms with van der Waals surface area (Å²) in [7, 11) is 0. The Morgan fingerprint density at radius 1 is 1.13 bits per heavy atom. The summed E-state index contributed by atoms with van der Waals surface area (Å²) in [6.45, 7) is 5.76. The fourth-order valence-corrected chi connectivity index (χ4v) is 2.18. The zero-order valence-corrected chi connectivity index (χ0v) is 14.4. The summed E-state index contributed by atoms with van der Waals surface area (Å²) in [6.07, 6.45) is 0. The molecule has 0 saturated heterocycles. The van der Waals surface area contributed by atoms with Gasteiger partial charge in [-0.15, -0.1) is 0 Å². The highest BCUT2D eigenvalue weighted by Gasteiger charge is 2.19. The number of rotatable bonds is 8. The van der Waals surface area contributed by atoms with Crippen molar-refractivity contribution < 1.29 is 19.1 Å². The lowest BCUT2D eigenvalue weighted by atomic mass is 10.1. The topological polar surface area (TPSA) is 81.9 Å². The lowest BCUT2D eigenvalue weighted by Gasteiger charge is -2.25. The van der Waals surface area contributed by atoms with Crippen molar-refractivity contribution in [2.75, 3.05) is 31.2 Å². The van der Waals surface area contributed by atoms with Crippen LogP contribution in [-0.4, -0.2) is 43.2 Å². The van der Waals surface area contributed by atoms with Gasteiger partial charge in [0, 0.05) is 11.3 Å². The molecule has 0 amide bonds. The fraction of sp³-hybridized carbons (Fsp3) is 0.438. The molecule has 0 radical (unpaired) electrons. The SMILES string of the molecule is CCOC(=O)CN(CC(=O)OCC)c1cc(C(N)=S)ccc1C. The predicted molar refractivity (Wildman–Crippen MR) is 92.5 cm³/mol. The van der Waals surface area contributed by atoms with Gasteiger partial charge in [0.1, 0.15) is 18.1 Å². The minimum Gasteiger partial charge on any atom is -0.465 e. The molecular weight excluding hydrogens is 316 g/mol. The summed E-state index contributed by atoms with van der Waals surface area (Å²) in [6, 6.07) is 5.40. The molecule has 23 heavy (non-hydrogen) atoms. The Morgan fingerprint density at radius 3 is 2.09 bits per heavy atom. The molecule has 0 aliphatic rings. The van der Waals surface area contributed by atoms with Crippen molar-refractivity contribution in [3.63, 3.8) is 0 Å². The number of thiocarbonyl (C=S) groups is 1. The maximum Gasteiger partial charge on any atom is 0.325 e. The number of anilines is 1. The number of ether oxygens (including phenoxy) is 2. The number of aryl methyl sites for hydroxylation is 1. The van der Waals surface area contributed by atoms with Gasteiger partial charge in [-0.1, -0.05) is 24.4 Å². The summed E-state index contributed by atoms with van der Waals surface area (Å²) in [4.78, 5) is 25.5. The summed E-state index contributed by atoms with van der Waals surface area (Å²) in [5.41, 5.74) is 7.90. The number of carbonyl (C=O) groups excluding carboxylic acids is 2. The van der Waals surface area contributed by atoms with E-state index in [2.05, 4.69) is 0 Å². The third-order valence-electron chi connectivity index (χ3n) is 3.08. The molecule has 0 aromatic heterocycles. The van der Waals surface area contributed by atoms with Gasteiger partial charge in [-0.05, 0) is 32.4 Å². The average Bonchev–Trinajstić information content (AvgIpc) is 2.47. The van der Waals surface area contributed by atoms with E-state index < -0.39 is 11.9 Å². The molecule has 1 aromatic carbocycles. The summed E-state index contributed by atoms with van der Waals surface area (Å²) in [5.74, 6) is -0.839. The monoisotopic (exact) mass is 338 g/mol. The van der Waals surface area contributed by atoms with Crippen LogP contribution >= 0.6 is 12.2 Å². The van der Waals surface area contributed by atoms with Gasteiger partial charge in [-0.2, -0.15) is 0 Å². The molecular formula is C16H22N2O4S. The van der Waals surface area contributed by atoms with Gasteiger partial charge >= 0.3 is 11.9 Å². The van der Waals surface area contributed by atoms with Gasteiger partial charge in [0.25, 0.3) is 0 Å². The second kappa shape index (κ2) is 9.09. The van der Waals surface area contributed by atoms with Crippen LogP contribution in [0.2, 0.25) is 0 Å². The Kier molecular flexibility index (Phi) is 7.47. The van der Waals surface area contributed by atoms with Gasteiger partial charge in [-0.25, -0.2) is 0 Å². The zero-order chi connectivity index (χ0) is 17.4. The normalized spacial score (nSPS) is 10.0. The van der Waals surface area contributed by atoms with Crippen LogP contribution in [0.15, 0.2) is 18.2 Å². The first-order valence-corrected chi connectivity index (χ1v) is 7.76. The molecule has 2 N–H and O–H groups in total. The van der Waals surface area contributed by atoms with E-state index in [1.165, 1.54) is 0 Å². The van der Waals surface area contributed by atoms with Crippen LogP contribution in [0.5, 0.6) is 0 Å². The van der Waals surface area contributed by atoms with E-state index >= 15 is 0 Å². The van der Waals surface area contributed by atoms with Crippen molar-refractivity contribution >= 4 is 34.8 Å². The van der Waals surface area contributed by atoms with Crippen molar-refractivity contribution in [3.8, 4) is 0 Å². The van der Waals surface area contributed by atoms with Crippen molar-refractivity contribution in [3.05, 3.63) is 29.3 Å². The first-order valence-electron chi connectivity index (χ1n) is 7.35. The molecule has 7 heteroatoms. The molecule has 0 fully saturated rings. The minimum absolute atomic E-state index is 0.0612. The molecule has 0 atom stereocenters. The van der Waals surface area contributed by atoms with E-state index in [9.17, 15) is 9.59 Å². The van der Waals surface area contributed by atoms with E-state index in [1.54, 1.807) is 30.9 Å². The molecule has 1 aromatic rings. The smallest absolute Gasteiger partial charge is 0.325 e. The molecule has 0 saturated carbocycles. The molecule has 0 aliphatic heterocycles. The second-order valence-corrected chi connectivity index (χ2v) is 5.27. The lowest BCUT2D eigenvalue weighted by molar-refractivity contribution is -0.142. The summed E-state index contributed by atoms with van der Waals surface area (Å²) < 4.78 is 9.94. The number of nitrogens with two attached hydrogens (primary N) is 1. The lowest BCUT2D eigenvalue weighted by Crippen LogP contribution is -2.36. The van der Waals surface area contributed by atoms with Crippen molar-refractivity contribution in [1.82, 2.24) is 0 Å². The summed E-state index contributed by atoms with van der Waals surface area (Å²) in [5, 5.41) is 0. The van der Waals surface area contributed by atoms with Crippen molar-refractivity contribution in [2.24, 2.45) is 5.73 Å². The number of carbonyl (C=O) groups is 2. The van der Waals surface area contributed by atoms with Crippen LogP contribution in [0.3, 0.4) is 0 Å². The number of benzene rings is 1. The highest BCUT2D eigenvalue weighted by Crippen LogP contribution is 2.22. The Balaban J connectivity index is 3.11. The van der Waals surface area contributed by atoms with Gasteiger partial charge in [0.05, 0.1) is 13.2 Å². The Labute approximate surface area is 141 Å². The van der Waals surface area contributed by atoms with Crippen LogP contribution in [0.25, 0.3) is 0 Å². The highest BCUT2D eigenvalue weighted by molar-refractivity contribution is 7.80. The van der Waals surface area contributed by atoms with E-state index in [0.29, 0.717) is 11.3 Å². The second-order valence-electron chi connectivity index (χ2n) is 4.83.